The number of Topliss-reactive ketones (excluding diaryl/α,β-unsaturated/α-hetero) is 2. The predicted octanol–water partition coefficient (Wildman–Crippen LogP) is 1.06. The molecule has 1 saturated heterocycles. The smallest absolute Gasteiger partial charge is 0.287 e. The van der Waals surface area contributed by atoms with Crippen LogP contribution in [0.1, 0.15) is 33.1 Å². The minimum atomic E-state index is -3.90. The zero-order valence-corrected chi connectivity index (χ0v) is 17.5. The third kappa shape index (κ3) is 7.02. The van der Waals surface area contributed by atoms with Crippen molar-refractivity contribution in [2.24, 2.45) is 11.8 Å². The number of rotatable bonds is 8. The molecule has 2 N–H and O–H groups in total. The molecule has 0 bridgehead atoms. The van der Waals surface area contributed by atoms with E-state index >= 15 is 0 Å². The molecule has 0 aliphatic carbocycles. The molecule has 1 fully saturated rings. The van der Waals surface area contributed by atoms with Gasteiger partial charge in [-0.2, -0.15) is 0 Å². The standard InChI is InChI=1S/C20H28N2O6S/c1-14(2)11-17(22-29(26,27)16-7-4-3-5-8-16)18(23)12-15-13-28-10-6-9-21-20(25)19(15)24/h3-5,7-8,14-15,17,22H,6,9-13H2,1-2H3,(H,21,25). The van der Waals surface area contributed by atoms with E-state index in [0.29, 0.717) is 19.6 Å². The zero-order valence-electron chi connectivity index (χ0n) is 16.7. The maximum atomic E-state index is 12.9. The minimum absolute atomic E-state index is 0.0400. The Balaban J connectivity index is 2.17. The molecule has 0 spiro atoms. The van der Waals surface area contributed by atoms with E-state index in [1.54, 1.807) is 18.2 Å². The van der Waals surface area contributed by atoms with Gasteiger partial charge in [0, 0.05) is 19.6 Å². The van der Waals surface area contributed by atoms with Crippen LogP contribution in [0.3, 0.4) is 0 Å². The van der Waals surface area contributed by atoms with E-state index in [9.17, 15) is 22.8 Å². The molecule has 1 heterocycles. The molecule has 29 heavy (non-hydrogen) atoms. The summed E-state index contributed by atoms with van der Waals surface area (Å²) in [5, 5.41) is 2.51. The maximum absolute atomic E-state index is 12.9. The Labute approximate surface area is 171 Å². The molecular formula is C20H28N2O6S. The molecule has 1 aromatic rings. The average Bonchev–Trinajstić information content (AvgIpc) is 2.74. The van der Waals surface area contributed by atoms with Gasteiger partial charge in [0.15, 0.2) is 5.78 Å². The lowest BCUT2D eigenvalue weighted by Gasteiger charge is -2.22. The Hall–Kier alpha value is -2.10. The van der Waals surface area contributed by atoms with Gasteiger partial charge in [0.2, 0.25) is 15.8 Å². The third-order valence-electron chi connectivity index (χ3n) is 4.56. The summed E-state index contributed by atoms with van der Waals surface area (Å²) in [4.78, 5) is 37.3. The van der Waals surface area contributed by atoms with E-state index in [1.807, 2.05) is 13.8 Å². The Morgan fingerprint density at radius 3 is 2.59 bits per heavy atom. The number of benzene rings is 1. The lowest BCUT2D eigenvalue weighted by molar-refractivity contribution is -0.142. The predicted molar refractivity (Wildman–Crippen MR) is 107 cm³/mol. The molecule has 2 atom stereocenters. The van der Waals surface area contributed by atoms with E-state index in [4.69, 9.17) is 4.74 Å². The van der Waals surface area contributed by atoms with E-state index in [2.05, 4.69) is 10.0 Å². The van der Waals surface area contributed by atoms with E-state index in [0.717, 1.165) is 0 Å². The fourth-order valence-electron chi connectivity index (χ4n) is 3.06. The van der Waals surface area contributed by atoms with Crippen molar-refractivity contribution >= 4 is 27.5 Å². The number of hydrogen-bond acceptors (Lipinski definition) is 6. The molecule has 1 amide bonds. The quantitative estimate of drug-likeness (QED) is 0.603. The van der Waals surface area contributed by atoms with Gasteiger partial charge in [-0.15, -0.1) is 0 Å². The lowest BCUT2D eigenvalue weighted by Crippen LogP contribution is -2.44. The number of hydrogen-bond donors (Lipinski definition) is 2. The van der Waals surface area contributed by atoms with Gasteiger partial charge in [0.25, 0.3) is 5.91 Å². The van der Waals surface area contributed by atoms with Crippen LogP contribution in [-0.2, 0) is 29.1 Å². The van der Waals surface area contributed by atoms with E-state index in [1.165, 1.54) is 12.1 Å². The van der Waals surface area contributed by atoms with Crippen LogP contribution in [0.5, 0.6) is 0 Å². The fourth-order valence-corrected chi connectivity index (χ4v) is 4.31. The summed E-state index contributed by atoms with van der Waals surface area (Å²) < 4.78 is 33.2. The molecule has 8 nitrogen and oxygen atoms in total. The largest absolute Gasteiger partial charge is 0.381 e. The number of nitrogens with one attached hydrogen (secondary N) is 2. The maximum Gasteiger partial charge on any atom is 0.287 e. The average molecular weight is 425 g/mol. The van der Waals surface area contributed by atoms with Gasteiger partial charge in [0.1, 0.15) is 0 Å². The highest BCUT2D eigenvalue weighted by atomic mass is 32.2. The highest BCUT2D eigenvalue weighted by Gasteiger charge is 2.33. The summed E-state index contributed by atoms with van der Waals surface area (Å²) in [6.45, 7) is 4.40. The number of ether oxygens (including phenoxy) is 1. The first kappa shape index (κ1) is 23.2. The summed E-state index contributed by atoms with van der Waals surface area (Å²) in [5.74, 6) is -2.78. The Morgan fingerprint density at radius 1 is 1.24 bits per heavy atom. The van der Waals surface area contributed by atoms with Crippen molar-refractivity contribution in [1.82, 2.24) is 10.0 Å². The van der Waals surface area contributed by atoms with Crippen LogP contribution in [0.15, 0.2) is 35.2 Å². The Kier molecular flexibility index (Phi) is 8.48. The van der Waals surface area contributed by atoms with Gasteiger partial charge in [0.05, 0.1) is 23.5 Å². The van der Waals surface area contributed by atoms with Gasteiger partial charge < -0.3 is 10.1 Å². The molecule has 1 aliphatic heterocycles. The zero-order chi connectivity index (χ0) is 21.4. The van der Waals surface area contributed by atoms with Crippen molar-refractivity contribution in [2.45, 2.75) is 44.0 Å². The van der Waals surface area contributed by atoms with Gasteiger partial charge in [-0.1, -0.05) is 32.0 Å². The summed E-state index contributed by atoms with van der Waals surface area (Å²) in [6, 6.07) is 6.78. The topological polar surface area (TPSA) is 119 Å². The number of amides is 1. The number of carbonyl (C=O) groups is 3. The highest BCUT2D eigenvalue weighted by Crippen LogP contribution is 2.17. The lowest BCUT2D eigenvalue weighted by atomic mass is 9.92. The molecule has 1 aliphatic rings. The summed E-state index contributed by atoms with van der Waals surface area (Å²) in [5.41, 5.74) is 0. The molecule has 1 aromatic carbocycles. The van der Waals surface area contributed by atoms with Crippen LogP contribution in [-0.4, -0.2) is 51.7 Å². The molecule has 9 heteroatoms. The first-order chi connectivity index (χ1) is 13.7. The molecule has 0 saturated carbocycles. The highest BCUT2D eigenvalue weighted by molar-refractivity contribution is 7.89. The van der Waals surface area contributed by atoms with Crippen LogP contribution in [0.25, 0.3) is 0 Å². The van der Waals surface area contributed by atoms with Crippen molar-refractivity contribution in [3.05, 3.63) is 30.3 Å². The SMILES string of the molecule is CC(C)CC(NS(=O)(=O)c1ccccc1)C(=O)CC1COCCCNC(=O)C1=O. The van der Waals surface area contributed by atoms with Gasteiger partial charge in [-0.05, 0) is 30.9 Å². The van der Waals surface area contributed by atoms with Crippen molar-refractivity contribution in [2.75, 3.05) is 19.8 Å². The molecule has 0 radical (unpaired) electrons. The molecule has 160 valence electrons. The van der Waals surface area contributed by atoms with Gasteiger partial charge >= 0.3 is 0 Å². The van der Waals surface area contributed by atoms with Gasteiger partial charge in [-0.3, -0.25) is 14.4 Å². The Morgan fingerprint density at radius 2 is 1.93 bits per heavy atom. The molecular weight excluding hydrogens is 396 g/mol. The first-order valence-corrected chi connectivity index (χ1v) is 11.2. The van der Waals surface area contributed by atoms with E-state index < -0.39 is 39.5 Å². The van der Waals surface area contributed by atoms with E-state index in [-0.39, 0.29) is 30.3 Å². The molecule has 0 aromatic heterocycles. The van der Waals surface area contributed by atoms with Crippen molar-refractivity contribution in [1.29, 1.82) is 0 Å². The number of sulfonamides is 1. The molecule has 2 unspecified atom stereocenters. The fraction of sp³-hybridized carbons (Fsp3) is 0.550. The second-order valence-corrected chi connectivity index (χ2v) is 9.25. The second kappa shape index (κ2) is 10.6. The van der Waals surface area contributed by atoms with Gasteiger partial charge in [-0.25, -0.2) is 13.1 Å². The summed E-state index contributed by atoms with van der Waals surface area (Å²) in [6.07, 6.45) is 0.590. The van der Waals surface area contributed by atoms with Crippen LogP contribution in [0, 0.1) is 11.8 Å². The number of carbonyl (C=O) groups excluding carboxylic acids is 3. The molecule has 2 rings (SSSR count). The van der Waals surface area contributed by atoms with Crippen LogP contribution < -0.4 is 10.0 Å². The monoisotopic (exact) mass is 424 g/mol. The second-order valence-electron chi connectivity index (χ2n) is 7.53. The Bertz CT molecular complexity index is 823. The number of ketones is 2. The van der Waals surface area contributed by atoms with Crippen molar-refractivity contribution in [3.8, 4) is 0 Å². The van der Waals surface area contributed by atoms with Crippen molar-refractivity contribution in [3.63, 3.8) is 0 Å². The van der Waals surface area contributed by atoms with Crippen LogP contribution in [0.2, 0.25) is 0 Å². The van der Waals surface area contributed by atoms with Crippen LogP contribution >= 0.6 is 0 Å². The van der Waals surface area contributed by atoms with Crippen LogP contribution in [0.4, 0.5) is 0 Å². The third-order valence-corrected chi connectivity index (χ3v) is 6.05. The first-order valence-electron chi connectivity index (χ1n) is 9.70. The van der Waals surface area contributed by atoms with Crippen molar-refractivity contribution < 1.29 is 27.5 Å². The normalized spacial score (nSPS) is 19.8. The summed E-state index contributed by atoms with van der Waals surface area (Å²) >= 11 is 0. The summed E-state index contributed by atoms with van der Waals surface area (Å²) in [7, 11) is -3.90. The minimum Gasteiger partial charge on any atom is -0.381 e.